The molecule has 0 atom stereocenters. The van der Waals surface area contributed by atoms with Gasteiger partial charge in [0.25, 0.3) is 11.6 Å². The smallest absolute Gasteiger partial charge is 0.276 e. The molecule has 0 aliphatic carbocycles. The molecule has 4 heteroatoms. The fraction of sp³-hybridized carbons (Fsp3) is 0. The molecule has 0 fully saturated rings. The van der Waals surface area contributed by atoms with Crippen molar-refractivity contribution >= 4 is 23.6 Å². The van der Waals surface area contributed by atoms with Gasteiger partial charge in [0.05, 0.1) is 0 Å². The van der Waals surface area contributed by atoms with Crippen molar-refractivity contribution < 1.29 is 19.2 Å². The summed E-state index contributed by atoms with van der Waals surface area (Å²) in [5.41, 5.74) is 0.104. The van der Waals surface area contributed by atoms with Gasteiger partial charge in [0, 0.05) is 5.56 Å². The Morgan fingerprint density at radius 3 is 2.07 bits per heavy atom. The molecule has 0 bridgehead atoms. The van der Waals surface area contributed by atoms with Crippen molar-refractivity contribution in [2.24, 2.45) is 0 Å². The minimum absolute atomic E-state index is 0.104. The molecule has 0 radical (unpaired) electrons. The number of hydrogen-bond donors (Lipinski definition) is 0. The van der Waals surface area contributed by atoms with Crippen LogP contribution < -0.4 is 0 Å². The molecule has 0 saturated carbocycles. The first-order valence-electron chi connectivity index (χ1n) is 3.80. The van der Waals surface area contributed by atoms with Crippen molar-refractivity contribution in [3.8, 4) is 0 Å². The summed E-state index contributed by atoms with van der Waals surface area (Å²) < 4.78 is 0. The highest BCUT2D eigenvalue weighted by Gasteiger charge is 2.22. The molecule has 4 nitrogen and oxygen atoms in total. The van der Waals surface area contributed by atoms with Crippen LogP contribution in [0.3, 0.4) is 0 Å². The molecule has 14 heavy (non-hydrogen) atoms. The summed E-state index contributed by atoms with van der Waals surface area (Å²) in [6, 6.07) is 7.59. The molecule has 0 saturated heterocycles. The van der Waals surface area contributed by atoms with Crippen LogP contribution in [0.25, 0.3) is 0 Å². The van der Waals surface area contributed by atoms with Crippen LogP contribution >= 0.6 is 0 Å². The van der Waals surface area contributed by atoms with Crippen molar-refractivity contribution in [2.45, 2.75) is 0 Å². The van der Waals surface area contributed by atoms with E-state index in [2.05, 4.69) is 0 Å². The number of carbonyl (C=O) groups excluding carboxylic acids is 4. The molecular weight excluding hydrogens is 184 g/mol. The number of Topliss-reactive ketones (excluding diaryl/α,β-unsaturated/α-hetero) is 3. The summed E-state index contributed by atoms with van der Waals surface area (Å²) >= 11 is 0. The Kier molecular flexibility index (Phi) is 3.01. The van der Waals surface area contributed by atoms with Crippen LogP contribution in [0, 0.1) is 0 Å². The third kappa shape index (κ3) is 1.98. The first kappa shape index (κ1) is 9.98. The van der Waals surface area contributed by atoms with E-state index in [4.69, 9.17) is 0 Å². The average Bonchev–Trinajstić information content (AvgIpc) is 2.27. The first-order chi connectivity index (χ1) is 6.66. The van der Waals surface area contributed by atoms with Gasteiger partial charge in [0.2, 0.25) is 5.78 Å². The van der Waals surface area contributed by atoms with Crippen molar-refractivity contribution in [3.05, 3.63) is 35.9 Å². The fourth-order valence-electron chi connectivity index (χ4n) is 0.886. The number of carbonyl (C=O) groups is 4. The van der Waals surface area contributed by atoms with Crippen LogP contribution in [-0.4, -0.2) is 23.6 Å². The molecule has 1 aromatic rings. The van der Waals surface area contributed by atoms with E-state index in [1.165, 1.54) is 12.1 Å². The van der Waals surface area contributed by atoms with Crippen LogP contribution in [-0.2, 0) is 14.4 Å². The standard InChI is InChI=1S/C10H6O4/c11-6-8(12)10(14)9(13)7-4-2-1-3-5-7/h1-6H. The van der Waals surface area contributed by atoms with Crippen molar-refractivity contribution in [3.63, 3.8) is 0 Å². The maximum Gasteiger partial charge on any atom is 0.276 e. The molecule has 70 valence electrons. The van der Waals surface area contributed by atoms with Gasteiger partial charge in [0.1, 0.15) is 0 Å². The van der Waals surface area contributed by atoms with E-state index < -0.39 is 17.3 Å². The Bertz CT molecular complexity index is 392. The lowest BCUT2D eigenvalue weighted by atomic mass is 10.1. The van der Waals surface area contributed by atoms with Crippen LogP contribution in [0.4, 0.5) is 0 Å². The zero-order valence-corrected chi connectivity index (χ0v) is 7.10. The molecule has 0 heterocycles. The SMILES string of the molecule is O=CC(=O)C(=O)C(=O)c1ccccc1. The minimum Gasteiger partial charge on any atom is -0.294 e. The Morgan fingerprint density at radius 2 is 1.57 bits per heavy atom. The van der Waals surface area contributed by atoms with Gasteiger partial charge >= 0.3 is 0 Å². The second-order valence-corrected chi connectivity index (χ2v) is 2.51. The van der Waals surface area contributed by atoms with Gasteiger partial charge in [-0.1, -0.05) is 30.3 Å². The summed E-state index contributed by atoms with van der Waals surface area (Å²) in [7, 11) is 0. The molecule has 0 unspecified atom stereocenters. The van der Waals surface area contributed by atoms with Crippen LogP contribution in [0.5, 0.6) is 0 Å². The van der Waals surface area contributed by atoms with E-state index in [-0.39, 0.29) is 11.8 Å². The number of ketones is 3. The molecule has 0 amide bonds. The van der Waals surface area contributed by atoms with Crippen LogP contribution in [0.2, 0.25) is 0 Å². The van der Waals surface area contributed by atoms with Gasteiger partial charge in [0.15, 0.2) is 6.29 Å². The summed E-state index contributed by atoms with van der Waals surface area (Å²) in [6.07, 6.45) is -0.164. The second kappa shape index (κ2) is 4.23. The first-order valence-corrected chi connectivity index (χ1v) is 3.80. The molecule has 0 N–H and O–H groups in total. The van der Waals surface area contributed by atoms with Gasteiger partial charge in [-0.25, -0.2) is 0 Å². The monoisotopic (exact) mass is 190 g/mol. The molecule has 0 aromatic heterocycles. The third-order valence-electron chi connectivity index (χ3n) is 1.57. The predicted molar refractivity (Wildman–Crippen MR) is 46.9 cm³/mol. The lowest BCUT2D eigenvalue weighted by molar-refractivity contribution is -0.138. The minimum atomic E-state index is -1.32. The molecule has 0 spiro atoms. The number of aldehydes is 1. The van der Waals surface area contributed by atoms with Gasteiger partial charge in [-0.2, -0.15) is 0 Å². The van der Waals surface area contributed by atoms with E-state index >= 15 is 0 Å². The highest BCUT2D eigenvalue weighted by Crippen LogP contribution is 2.00. The highest BCUT2D eigenvalue weighted by molar-refractivity contribution is 6.76. The number of rotatable bonds is 4. The normalized spacial score (nSPS) is 9.14. The predicted octanol–water partition coefficient (Wildman–Crippen LogP) is 0.206. The summed E-state index contributed by atoms with van der Waals surface area (Å²) in [5, 5.41) is 0. The Balaban J connectivity index is 2.92. The summed E-state index contributed by atoms with van der Waals surface area (Å²) in [6.45, 7) is 0. The lowest BCUT2D eigenvalue weighted by Gasteiger charge is -1.94. The van der Waals surface area contributed by atoms with E-state index in [1.807, 2.05) is 0 Å². The third-order valence-corrected chi connectivity index (χ3v) is 1.57. The number of hydrogen-bond acceptors (Lipinski definition) is 4. The van der Waals surface area contributed by atoms with Crippen LogP contribution in [0.1, 0.15) is 10.4 Å². The maximum atomic E-state index is 11.2. The maximum absolute atomic E-state index is 11.2. The van der Waals surface area contributed by atoms with E-state index in [9.17, 15) is 19.2 Å². The molecule has 1 aromatic carbocycles. The molecule has 0 aliphatic heterocycles. The van der Waals surface area contributed by atoms with Crippen LogP contribution in [0.15, 0.2) is 30.3 Å². The molecule has 1 rings (SSSR count). The largest absolute Gasteiger partial charge is 0.294 e. The fourth-order valence-corrected chi connectivity index (χ4v) is 0.886. The summed E-state index contributed by atoms with van der Waals surface area (Å²) in [4.78, 5) is 42.7. The van der Waals surface area contributed by atoms with Gasteiger partial charge in [-0.3, -0.25) is 19.2 Å². The lowest BCUT2D eigenvalue weighted by Crippen LogP contribution is -2.24. The molecule has 0 aliphatic rings. The highest BCUT2D eigenvalue weighted by atomic mass is 16.2. The Morgan fingerprint density at radius 1 is 1.00 bits per heavy atom. The quantitative estimate of drug-likeness (QED) is 0.294. The second-order valence-electron chi connectivity index (χ2n) is 2.51. The Labute approximate surface area is 79.5 Å². The zero-order valence-electron chi connectivity index (χ0n) is 7.10. The van der Waals surface area contributed by atoms with Crippen molar-refractivity contribution in [2.75, 3.05) is 0 Å². The van der Waals surface area contributed by atoms with E-state index in [0.717, 1.165) is 0 Å². The molecular formula is C10H6O4. The Hall–Kier alpha value is -2.10. The van der Waals surface area contributed by atoms with Crippen molar-refractivity contribution in [1.29, 1.82) is 0 Å². The average molecular weight is 190 g/mol. The zero-order chi connectivity index (χ0) is 10.6. The summed E-state index contributed by atoms with van der Waals surface area (Å²) in [5.74, 6) is -3.58. The van der Waals surface area contributed by atoms with Crippen molar-refractivity contribution in [1.82, 2.24) is 0 Å². The van der Waals surface area contributed by atoms with Gasteiger partial charge < -0.3 is 0 Å². The van der Waals surface area contributed by atoms with Gasteiger partial charge in [-0.15, -0.1) is 0 Å². The topological polar surface area (TPSA) is 68.3 Å². The number of benzene rings is 1. The van der Waals surface area contributed by atoms with Gasteiger partial charge in [-0.05, 0) is 0 Å². The van der Waals surface area contributed by atoms with E-state index in [1.54, 1.807) is 18.2 Å². The van der Waals surface area contributed by atoms with E-state index in [0.29, 0.717) is 0 Å².